The van der Waals surface area contributed by atoms with Crippen molar-refractivity contribution in [2.75, 3.05) is 45.2 Å². The quantitative estimate of drug-likeness (QED) is 0.606. The second-order valence-corrected chi connectivity index (χ2v) is 8.61. The zero-order chi connectivity index (χ0) is 23.9. The third kappa shape index (κ3) is 6.07. The van der Waals surface area contributed by atoms with E-state index in [0.29, 0.717) is 64.9 Å². The number of fused-ring (bicyclic) bond motifs is 1. The number of piperazine rings is 1. The minimum atomic E-state index is 0.0433. The van der Waals surface area contributed by atoms with E-state index in [0.717, 1.165) is 28.3 Å². The van der Waals surface area contributed by atoms with Crippen molar-refractivity contribution in [2.45, 2.75) is 32.1 Å². The number of rotatable bonds is 8. The average molecular weight is 466 g/mol. The van der Waals surface area contributed by atoms with E-state index in [1.165, 1.54) is 0 Å². The fourth-order valence-electron chi connectivity index (χ4n) is 4.30. The number of amides is 3. The van der Waals surface area contributed by atoms with Gasteiger partial charge in [0.25, 0.3) is 0 Å². The first kappa shape index (κ1) is 23.6. The first-order valence-corrected chi connectivity index (χ1v) is 11.8. The van der Waals surface area contributed by atoms with Gasteiger partial charge < -0.3 is 24.6 Å². The van der Waals surface area contributed by atoms with Crippen molar-refractivity contribution >= 4 is 23.4 Å². The summed E-state index contributed by atoms with van der Waals surface area (Å²) in [6, 6.07) is 13.2. The lowest BCUT2D eigenvalue weighted by Crippen LogP contribution is -2.51. The molecule has 34 heavy (non-hydrogen) atoms. The molecule has 4 rings (SSSR count). The lowest BCUT2D eigenvalue weighted by molar-refractivity contribution is -0.139. The molecule has 1 saturated heterocycles. The van der Waals surface area contributed by atoms with E-state index < -0.39 is 0 Å². The number of anilines is 1. The van der Waals surface area contributed by atoms with Crippen LogP contribution in [0.3, 0.4) is 0 Å². The number of methoxy groups -OCH3 is 1. The number of aryl methyl sites for hydroxylation is 1. The Bertz CT molecular complexity index is 1050. The second kappa shape index (κ2) is 11.0. The van der Waals surface area contributed by atoms with Crippen molar-refractivity contribution in [2.24, 2.45) is 0 Å². The van der Waals surface area contributed by atoms with Gasteiger partial charge in [-0.3, -0.25) is 14.4 Å². The molecular formula is C26H31N3O5. The van der Waals surface area contributed by atoms with E-state index in [1.807, 2.05) is 52.3 Å². The zero-order valence-corrected chi connectivity index (χ0v) is 19.5. The molecule has 180 valence electrons. The largest absolute Gasteiger partial charge is 0.497 e. The van der Waals surface area contributed by atoms with Gasteiger partial charge in [0.05, 0.1) is 20.1 Å². The summed E-state index contributed by atoms with van der Waals surface area (Å²) in [5.41, 5.74) is 2.85. The summed E-state index contributed by atoms with van der Waals surface area (Å²) in [6.45, 7) is 2.67. The van der Waals surface area contributed by atoms with Gasteiger partial charge in [-0.05, 0) is 54.3 Å². The second-order valence-electron chi connectivity index (χ2n) is 8.61. The molecule has 0 saturated carbocycles. The van der Waals surface area contributed by atoms with Gasteiger partial charge in [0, 0.05) is 44.7 Å². The van der Waals surface area contributed by atoms with Gasteiger partial charge in [-0.15, -0.1) is 0 Å². The van der Waals surface area contributed by atoms with Crippen LogP contribution < -0.4 is 14.8 Å². The van der Waals surface area contributed by atoms with Crippen molar-refractivity contribution in [3.8, 4) is 11.5 Å². The van der Waals surface area contributed by atoms with Crippen LogP contribution in [0.15, 0.2) is 42.5 Å². The first-order chi connectivity index (χ1) is 16.5. The third-order valence-corrected chi connectivity index (χ3v) is 6.25. The Balaban J connectivity index is 1.15. The normalized spacial score (nSPS) is 15.4. The zero-order valence-electron chi connectivity index (χ0n) is 19.5. The van der Waals surface area contributed by atoms with Gasteiger partial charge in [0.2, 0.25) is 17.7 Å². The molecule has 2 aromatic carbocycles. The van der Waals surface area contributed by atoms with Gasteiger partial charge in [0.15, 0.2) is 0 Å². The van der Waals surface area contributed by atoms with Crippen LogP contribution in [0.25, 0.3) is 0 Å². The molecule has 2 aromatic rings. The molecule has 0 bridgehead atoms. The Morgan fingerprint density at radius 1 is 0.941 bits per heavy atom. The van der Waals surface area contributed by atoms with E-state index >= 15 is 0 Å². The topological polar surface area (TPSA) is 88.2 Å². The predicted octanol–water partition coefficient (Wildman–Crippen LogP) is 2.65. The molecule has 8 heteroatoms. The van der Waals surface area contributed by atoms with Crippen LogP contribution in [0.2, 0.25) is 0 Å². The Hall–Kier alpha value is -3.55. The van der Waals surface area contributed by atoms with Crippen LogP contribution in [-0.4, -0.2) is 67.4 Å². The van der Waals surface area contributed by atoms with E-state index in [1.54, 1.807) is 7.11 Å². The monoisotopic (exact) mass is 465 g/mol. The van der Waals surface area contributed by atoms with E-state index in [4.69, 9.17) is 9.47 Å². The lowest BCUT2D eigenvalue weighted by Gasteiger charge is -2.35. The van der Waals surface area contributed by atoms with Gasteiger partial charge in [-0.2, -0.15) is 0 Å². The first-order valence-electron chi connectivity index (χ1n) is 11.8. The molecule has 0 unspecified atom stereocenters. The minimum Gasteiger partial charge on any atom is -0.497 e. The maximum atomic E-state index is 12.6. The van der Waals surface area contributed by atoms with E-state index in [9.17, 15) is 14.4 Å². The molecule has 2 heterocycles. The third-order valence-electron chi connectivity index (χ3n) is 6.25. The Morgan fingerprint density at radius 2 is 1.71 bits per heavy atom. The molecule has 1 fully saturated rings. The van der Waals surface area contributed by atoms with Crippen LogP contribution in [0.4, 0.5) is 5.69 Å². The van der Waals surface area contributed by atoms with E-state index in [-0.39, 0.29) is 17.7 Å². The van der Waals surface area contributed by atoms with Crippen molar-refractivity contribution in [1.29, 1.82) is 0 Å². The number of nitrogens with one attached hydrogen (secondary N) is 1. The summed E-state index contributed by atoms with van der Waals surface area (Å²) in [4.78, 5) is 40.3. The summed E-state index contributed by atoms with van der Waals surface area (Å²) >= 11 is 0. The Labute approximate surface area is 199 Å². The maximum Gasteiger partial charge on any atom is 0.227 e. The molecule has 0 aromatic heterocycles. The van der Waals surface area contributed by atoms with Gasteiger partial charge >= 0.3 is 0 Å². The van der Waals surface area contributed by atoms with Crippen molar-refractivity contribution in [3.05, 3.63) is 53.6 Å². The number of carbonyl (C=O) groups excluding carboxylic acids is 3. The van der Waals surface area contributed by atoms with Crippen molar-refractivity contribution in [1.82, 2.24) is 9.80 Å². The van der Waals surface area contributed by atoms with Crippen LogP contribution >= 0.6 is 0 Å². The summed E-state index contributed by atoms with van der Waals surface area (Å²) in [6.07, 6.45) is 2.58. The molecule has 0 atom stereocenters. The fraction of sp³-hybridized carbons (Fsp3) is 0.423. The van der Waals surface area contributed by atoms with Gasteiger partial charge in [-0.1, -0.05) is 12.1 Å². The number of hydrogen-bond donors (Lipinski definition) is 1. The molecule has 1 N–H and O–H groups in total. The molecule has 0 spiro atoms. The molecule has 8 nitrogen and oxygen atoms in total. The molecular weight excluding hydrogens is 434 g/mol. The number of hydrogen-bond acceptors (Lipinski definition) is 5. The summed E-state index contributed by atoms with van der Waals surface area (Å²) < 4.78 is 11.0. The maximum absolute atomic E-state index is 12.6. The van der Waals surface area contributed by atoms with Crippen molar-refractivity contribution < 1.29 is 23.9 Å². The summed E-state index contributed by atoms with van der Waals surface area (Å²) in [7, 11) is 1.61. The number of carbonyl (C=O) groups is 3. The molecule has 0 radical (unpaired) electrons. The summed E-state index contributed by atoms with van der Waals surface area (Å²) in [5.74, 6) is 1.70. The van der Waals surface area contributed by atoms with Crippen LogP contribution in [-0.2, 0) is 27.2 Å². The van der Waals surface area contributed by atoms with Crippen molar-refractivity contribution in [3.63, 3.8) is 0 Å². The molecule has 2 aliphatic heterocycles. The number of ether oxygens (including phenoxy) is 2. The fourth-order valence-corrected chi connectivity index (χ4v) is 4.30. The highest BCUT2D eigenvalue weighted by molar-refractivity contribution is 5.94. The minimum absolute atomic E-state index is 0.0433. The molecule has 2 aliphatic rings. The average Bonchev–Trinajstić information content (AvgIpc) is 2.86. The van der Waals surface area contributed by atoms with Gasteiger partial charge in [-0.25, -0.2) is 0 Å². The number of nitrogens with zero attached hydrogens (tertiary/aromatic N) is 2. The van der Waals surface area contributed by atoms with E-state index in [2.05, 4.69) is 5.32 Å². The lowest BCUT2D eigenvalue weighted by atomic mass is 10.0. The molecule has 3 amide bonds. The highest BCUT2D eigenvalue weighted by Gasteiger charge is 2.24. The Morgan fingerprint density at radius 3 is 2.47 bits per heavy atom. The molecule has 0 aliphatic carbocycles. The Kier molecular flexibility index (Phi) is 7.67. The van der Waals surface area contributed by atoms with Crippen LogP contribution in [0.1, 0.15) is 30.4 Å². The van der Waals surface area contributed by atoms with Crippen LogP contribution in [0, 0.1) is 0 Å². The van der Waals surface area contributed by atoms with Crippen LogP contribution in [0.5, 0.6) is 11.5 Å². The smallest absolute Gasteiger partial charge is 0.227 e. The van der Waals surface area contributed by atoms with Gasteiger partial charge in [0.1, 0.15) is 11.5 Å². The standard InChI is InChI=1S/C26H31N3O5/c1-33-21-5-2-4-19(16-21)17-26(32)29-13-11-28(12-14-29)25(31)6-3-15-34-22-8-9-23-20(18-22)7-10-24(30)27-23/h2,4-5,8-9,16,18H,3,6-7,10-15,17H2,1H3,(H,27,30). The number of benzene rings is 2. The highest BCUT2D eigenvalue weighted by atomic mass is 16.5. The highest BCUT2D eigenvalue weighted by Crippen LogP contribution is 2.27. The summed E-state index contributed by atoms with van der Waals surface area (Å²) in [5, 5.41) is 2.86. The predicted molar refractivity (Wildman–Crippen MR) is 128 cm³/mol. The SMILES string of the molecule is COc1cccc(CC(=O)N2CCN(C(=O)CCCOc3ccc4c(c3)CCC(=O)N4)CC2)c1.